The van der Waals surface area contributed by atoms with Crippen molar-refractivity contribution in [2.24, 2.45) is 0 Å². The summed E-state index contributed by atoms with van der Waals surface area (Å²) in [6.07, 6.45) is 3.71. The molecule has 3 rings (SSSR count). The van der Waals surface area contributed by atoms with E-state index in [0.29, 0.717) is 0 Å². The van der Waals surface area contributed by atoms with Gasteiger partial charge in [-0.15, -0.1) is 0 Å². The summed E-state index contributed by atoms with van der Waals surface area (Å²) >= 11 is 0. The predicted octanol–water partition coefficient (Wildman–Crippen LogP) is 0.772. The summed E-state index contributed by atoms with van der Waals surface area (Å²) in [7, 11) is -4.17. The smallest absolute Gasteiger partial charge is 0.338 e. The maximum atomic E-state index is 14.2. The second kappa shape index (κ2) is 10.2. The SMILES string of the molecule is O=C(COC(=O)c1ccc(F)c(S(=O)(=O)N2CCOCC2)c1)NC(=O)NC1CCCC1. The third-order valence-corrected chi connectivity index (χ3v) is 6.95. The molecule has 0 atom stereocenters. The Morgan fingerprint density at radius 3 is 2.52 bits per heavy atom. The lowest BCUT2D eigenvalue weighted by molar-refractivity contribution is -0.123. The Kier molecular flexibility index (Phi) is 7.57. The summed E-state index contributed by atoms with van der Waals surface area (Å²) < 4.78 is 50.6. The van der Waals surface area contributed by atoms with Crippen molar-refractivity contribution in [3.63, 3.8) is 0 Å². The molecule has 0 radical (unpaired) electrons. The van der Waals surface area contributed by atoms with Crippen LogP contribution in [0, 0.1) is 5.82 Å². The van der Waals surface area contributed by atoms with Crippen molar-refractivity contribution in [2.75, 3.05) is 32.9 Å². The number of amides is 3. The number of benzene rings is 1. The molecule has 170 valence electrons. The van der Waals surface area contributed by atoms with E-state index in [9.17, 15) is 27.2 Å². The van der Waals surface area contributed by atoms with Gasteiger partial charge in [-0.3, -0.25) is 10.1 Å². The van der Waals surface area contributed by atoms with Crippen molar-refractivity contribution in [1.29, 1.82) is 0 Å². The lowest BCUT2D eigenvalue weighted by Gasteiger charge is -2.26. The van der Waals surface area contributed by atoms with Crippen LogP contribution in [0.15, 0.2) is 23.1 Å². The lowest BCUT2D eigenvalue weighted by atomic mass is 10.2. The van der Waals surface area contributed by atoms with Crippen molar-refractivity contribution in [2.45, 2.75) is 36.6 Å². The summed E-state index contributed by atoms with van der Waals surface area (Å²) in [4.78, 5) is 35.2. The van der Waals surface area contributed by atoms with E-state index in [-0.39, 0.29) is 37.9 Å². The van der Waals surface area contributed by atoms with Crippen molar-refractivity contribution in [1.82, 2.24) is 14.9 Å². The first-order valence-corrected chi connectivity index (χ1v) is 11.4. The van der Waals surface area contributed by atoms with E-state index >= 15 is 0 Å². The highest BCUT2D eigenvalue weighted by Gasteiger charge is 2.30. The number of esters is 1. The molecule has 1 saturated heterocycles. The van der Waals surface area contributed by atoms with E-state index in [1.165, 1.54) is 0 Å². The maximum Gasteiger partial charge on any atom is 0.338 e. The Morgan fingerprint density at radius 2 is 1.84 bits per heavy atom. The van der Waals surface area contributed by atoms with E-state index in [1.54, 1.807) is 0 Å². The van der Waals surface area contributed by atoms with Gasteiger partial charge in [0.2, 0.25) is 10.0 Å². The highest BCUT2D eigenvalue weighted by molar-refractivity contribution is 7.89. The van der Waals surface area contributed by atoms with Gasteiger partial charge in [0.25, 0.3) is 5.91 Å². The van der Waals surface area contributed by atoms with Crippen LogP contribution >= 0.6 is 0 Å². The minimum atomic E-state index is -4.17. The molecule has 2 aliphatic rings. The van der Waals surface area contributed by atoms with Crippen LogP contribution in [0.25, 0.3) is 0 Å². The first kappa shape index (κ1) is 23.1. The maximum absolute atomic E-state index is 14.2. The fourth-order valence-electron chi connectivity index (χ4n) is 3.42. The summed E-state index contributed by atoms with van der Waals surface area (Å²) in [5, 5.41) is 4.72. The second-order valence-corrected chi connectivity index (χ2v) is 9.15. The monoisotopic (exact) mass is 457 g/mol. The summed E-state index contributed by atoms with van der Waals surface area (Å²) in [6, 6.07) is 2.11. The topological polar surface area (TPSA) is 131 Å². The van der Waals surface area contributed by atoms with E-state index in [4.69, 9.17) is 9.47 Å². The molecule has 1 aromatic carbocycles. The Labute approximate surface area is 179 Å². The van der Waals surface area contributed by atoms with Crippen LogP contribution in [0.4, 0.5) is 9.18 Å². The molecule has 0 aromatic heterocycles. The van der Waals surface area contributed by atoms with Gasteiger partial charge in [0, 0.05) is 19.1 Å². The number of sulfonamides is 1. The molecule has 0 bridgehead atoms. The van der Waals surface area contributed by atoms with E-state index in [1.807, 2.05) is 0 Å². The zero-order valence-corrected chi connectivity index (χ0v) is 17.6. The van der Waals surface area contributed by atoms with Gasteiger partial charge in [-0.2, -0.15) is 4.31 Å². The lowest BCUT2D eigenvalue weighted by Crippen LogP contribution is -2.45. The van der Waals surface area contributed by atoms with Crippen LogP contribution in [0.1, 0.15) is 36.0 Å². The number of hydrogen-bond donors (Lipinski definition) is 2. The average Bonchev–Trinajstić information content (AvgIpc) is 3.25. The second-order valence-electron chi connectivity index (χ2n) is 7.24. The molecule has 3 amide bonds. The molecule has 2 N–H and O–H groups in total. The van der Waals surface area contributed by atoms with Crippen molar-refractivity contribution in [3.8, 4) is 0 Å². The first-order valence-electron chi connectivity index (χ1n) is 9.92. The molecule has 0 spiro atoms. The van der Waals surface area contributed by atoms with Crippen LogP contribution in [0.5, 0.6) is 0 Å². The number of urea groups is 1. The van der Waals surface area contributed by atoms with Crippen LogP contribution in [0.2, 0.25) is 0 Å². The summed E-state index contributed by atoms with van der Waals surface area (Å²) in [6.45, 7) is -0.239. The number of carbonyl (C=O) groups excluding carboxylic acids is 3. The first-order chi connectivity index (χ1) is 14.8. The number of nitrogens with zero attached hydrogens (tertiary/aromatic N) is 1. The number of carbonyl (C=O) groups is 3. The van der Waals surface area contributed by atoms with Gasteiger partial charge in [0.05, 0.1) is 18.8 Å². The van der Waals surface area contributed by atoms with Gasteiger partial charge in [0.15, 0.2) is 6.61 Å². The molecular weight excluding hydrogens is 433 g/mol. The average molecular weight is 457 g/mol. The molecule has 10 nitrogen and oxygen atoms in total. The van der Waals surface area contributed by atoms with Crippen LogP contribution in [-0.2, 0) is 24.3 Å². The molecule has 31 heavy (non-hydrogen) atoms. The minimum absolute atomic E-state index is 0.0152. The number of rotatable bonds is 6. The summed E-state index contributed by atoms with van der Waals surface area (Å²) in [5.74, 6) is -2.87. The highest BCUT2D eigenvalue weighted by Crippen LogP contribution is 2.22. The number of imide groups is 1. The van der Waals surface area contributed by atoms with Crippen LogP contribution in [-0.4, -0.2) is 69.6 Å². The molecule has 0 unspecified atom stereocenters. The zero-order chi connectivity index (χ0) is 22.4. The van der Waals surface area contributed by atoms with Crippen molar-refractivity contribution >= 4 is 27.9 Å². The van der Waals surface area contributed by atoms with Crippen LogP contribution < -0.4 is 10.6 Å². The van der Waals surface area contributed by atoms with Gasteiger partial charge in [-0.25, -0.2) is 22.4 Å². The Balaban J connectivity index is 1.58. The van der Waals surface area contributed by atoms with Crippen molar-refractivity contribution in [3.05, 3.63) is 29.6 Å². The molecule has 1 aliphatic heterocycles. The Morgan fingerprint density at radius 1 is 1.16 bits per heavy atom. The predicted molar refractivity (Wildman–Crippen MR) is 105 cm³/mol. The normalized spacial score (nSPS) is 17.8. The van der Waals surface area contributed by atoms with Crippen molar-refractivity contribution < 1.29 is 36.7 Å². The van der Waals surface area contributed by atoms with E-state index in [2.05, 4.69) is 10.6 Å². The van der Waals surface area contributed by atoms with Gasteiger partial charge in [-0.1, -0.05) is 12.8 Å². The largest absolute Gasteiger partial charge is 0.452 e. The molecule has 12 heteroatoms. The van der Waals surface area contributed by atoms with E-state index in [0.717, 1.165) is 48.2 Å². The molecule has 1 aromatic rings. The molecule has 1 heterocycles. The molecule has 1 aliphatic carbocycles. The van der Waals surface area contributed by atoms with Gasteiger partial charge >= 0.3 is 12.0 Å². The standard InChI is InChI=1S/C19H24FN3O7S/c20-15-6-5-13(11-16(15)31(27,28)23-7-9-29-10-8-23)18(25)30-12-17(24)22-19(26)21-14-3-1-2-4-14/h5-6,11,14H,1-4,7-10,12H2,(H2,21,22,24,26). The van der Waals surface area contributed by atoms with Crippen LogP contribution in [0.3, 0.4) is 0 Å². The number of nitrogens with one attached hydrogen (secondary N) is 2. The van der Waals surface area contributed by atoms with Gasteiger partial charge in [-0.05, 0) is 31.0 Å². The van der Waals surface area contributed by atoms with Gasteiger partial charge in [0.1, 0.15) is 10.7 Å². The summed E-state index contributed by atoms with van der Waals surface area (Å²) in [5.41, 5.74) is -0.239. The highest BCUT2D eigenvalue weighted by atomic mass is 32.2. The molecule has 1 saturated carbocycles. The molecular formula is C19H24FN3O7S. The fraction of sp³-hybridized carbons (Fsp3) is 0.526. The number of halogens is 1. The third-order valence-electron chi connectivity index (χ3n) is 5.03. The number of morpholine rings is 1. The Bertz CT molecular complexity index is 942. The molecule has 2 fully saturated rings. The number of ether oxygens (including phenoxy) is 2. The quantitative estimate of drug-likeness (QED) is 0.603. The number of hydrogen-bond acceptors (Lipinski definition) is 7. The van der Waals surface area contributed by atoms with Gasteiger partial charge < -0.3 is 14.8 Å². The minimum Gasteiger partial charge on any atom is -0.452 e. The Hall–Kier alpha value is -2.57. The zero-order valence-electron chi connectivity index (χ0n) is 16.8. The van der Waals surface area contributed by atoms with E-state index < -0.39 is 45.3 Å². The fourth-order valence-corrected chi connectivity index (χ4v) is 4.92. The third kappa shape index (κ3) is 5.99.